The van der Waals surface area contributed by atoms with E-state index in [4.69, 9.17) is 5.73 Å². The number of carbonyl (C=O) groups excluding carboxylic acids is 1. The number of fused-ring (bicyclic) bond motifs is 1. The van der Waals surface area contributed by atoms with Crippen LogP contribution >= 0.6 is 0 Å². The first-order valence-electron chi connectivity index (χ1n) is 6.83. The highest BCUT2D eigenvalue weighted by Gasteiger charge is 2.32. The Morgan fingerprint density at radius 1 is 1.00 bits per heavy atom. The maximum Gasteiger partial charge on any atom is 0.189 e. The summed E-state index contributed by atoms with van der Waals surface area (Å²) < 4.78 is 0. The molecule has 104 valence electrons. The van der Waals surface area contributed by atoms with Crippen LogP contribution in [0.15, 0.2) is 66.9 Å². The number of hydrogen-bond acceptors (Lipinski definition) is 3. The molecule has 1 aromatic heterocycles. The molecule has 0 radical (unpaired) electrons. The number of aromatic nitrogens is 1. The van der Waals surface area contributed by atoms with Crippen LogP contribution in [-0.4, -0.2) is 10.8 Å². The lowest BCUT2D eigenvalue weighted by Gasteiger charge is -2.24. The van der Waals surface area contributed by atoms with Crippen molar-refractivity contribution in [2.45, 2.75) is 12.5 Å². The maximum atomic E-state index is 12.9. The second-order valence-electron chi connectivity index (χ2n) is 5.28. The van der Waals surface area contributed by atoms with Crippen LogP contribution in [0.5, 0.6) is 0 Å². The largest absolute Gasteiger partial charge is 0.315 e. The molecule has 0 fully saturated rings. The van der Waals surface area contributed by atoms with Crippen molar-refractivity contribution in [1.82, 2.24) is 4.98 Å². The third kappa shape index (κ3) is 2.32. The van der Waals surface area contributed by atoms with Gasteiger partial charge in [-0.2, -0.15) is 0 Å². The fourth-order valence-electron chi connectivity index (χ4n) is 2.48. The second kappa shape index (κ2) is 5.11. The van der Waals surface area contributed by atoms with Crippen LogP contribution in [0.2, 0.25) is 0 Å². The molecule has 3 heteroatoms. The molecule has 0 aliphatic rings. The summed E-state index contributed by atoms with van der Waals surface area (Å²) in [7, 11) is 0. The Hall–Kier alpha value is -2.52. The van der Waals surface area contributed by atoms with Gasteiger partial charge in [0.05, 0.1) is 5.52 Å². The maximum absolute atomic E-state index is 12.9. The van der Waals surface area contributed by atoms with Crippen LogP contribution in [-0.2, 0) is 5.54 Å². The first-order chi connectivity index (χ1) is 10.1. The van der Waals surface area contributed by atoms with Crippen molar-refractivity contribution in [2.75, 3.05) is 0 Å². The summed E-state index contributed by atoms with van der Waals surface area (Å²) >= 11 is 0. The Kier molecular flexibility index (Phi) is 3.28. The van der Waals surface area contributed by atoms with E-state index in [1.54, 1.807) is 19.2 Å². The molecule has 3 rings (SSSR count). The second-order valence-corrected chi connectivity index (χ2v) is 5.28. The minimum Gasteiger partial charge on any atom is -0.315 e. The van der Waals surface area contributed by atoms with Crippen LogP contribution in [0.25, 0.3) is 10.9 Å². The zero-order valence-electron chi connectivity index (χ0n) is 11.8. The van der Waals surface area contributed by atoms with Crippen molar-refractivity contribution in [1.29, 1.82) is 0 Å². The molecule has 0 aliphatic carbocycles. The van der Waals surface area contributed by atoms with Crippen LogP contribution in [0.1, 0.15) is 22.8 Å². The van der Waals surface area contributed by atoms with Gasteiger partial charge in [-0.1, -0.05) is 48.5 Å². The predicted octanol–water partition coefficient (Wildman–Crippen LogP) is 3.29. The van der Waals surface area contributed by atoms with Crippen LogP contribution < -0.4 is 5.73 Å². The molecule has 3 nitrogen and oxygen atoms in total. The molecule has 0 saturated carbocycles. The van der Waals surface area contributed by atoms with Crippen LogP contribution in [0.3, 0.4) is 0 Å². The molecular weight excluding hydrogens is 260 g/mol. The Morgan fingerprint density at radius 3 is 2.48 bits per heavy atom. The fourth-order valence-corrected chi connectivity index (χ4v) is 2.48. The molecule has 0 aliphatic heterocycles. The molecule has 3 aromatic rings. The number of nitrogens with two attached hydrogens (primary N) is 1. The molecule has 2 aromatic carbocycles. The predicted molar refractivity (Wildman–Crippen MR) is 84.1 cm³/mol. The summed E-state index contributed by atoms with van der Waals surface area (Å²) in [6.07, 6.45) is 1.69. The Balaban J connectivity index is 2.13. The van der Waals surface area contributed by atoms with E-state index in [9.17, 15) is 4.79 Å². The first-order valence-corrected chi connectivity index (χ1v) is 6.83. The molecule has 21 heavy (non-hydrogen) atoms. The Bertz CT molecular complexity index is 789. The van der Waals surface area contributed by atoms with E-state index >= 15 is 0 Å². The quantitative estimate of drug-likeness (QED) is 0.747. The van der Waals surface area contributed by atoms with Gasteiger partial charge in [0.1, 0.15) is 5.54 Å². The van der Waals surface area contributed by atoms with E-state index < -0.39 is 5.54 Å². The lowest BCUT2D eigenvalue weighted by atomic mass is 9.84. The van der Waals surface area contributed by atoms with Crippen molar-refractivity contribution in [2.24, 2.45) is 5.73 Å². The highest BCUT2D eigenvalue weighted by Crippen LogP contribution is 2.26. The highest BCUT2D eigenvalue weighted by molar-refractivity contribution is 6.11. The first kappa shape index (κ1) is 13.5. The van der Waals surface area contributed by atoms with Gasteiger partial charge in [-0.05, 0) is 24.6 Å². The summed E-state index contributed by atoms with van der Waals surface area (Å²) in [5.41, 5.74) is 7.29. The molecule has 0 amide bonds. The topological polar surface area (TPSA) is 56.0 Å². The van der Waals surface area contributed by atoms with Crippen molar-refractivity contribution < 1.29 is 4.79 Å². The number of hydrogen-bond donors (Lipinski definition) is 1. The number of nitrogens with zero attached hydrogens (tertiary/aromatic N) is 1. The minimum atomic E-state index is -1.08. The summed E-state index contributed by atoms with van der Waals surface area (Å²) in [6, 6.07) is 18.8. The lowest BCUT2D eigenvalue weighted by molar-refractivity contribution is 0.0901. The van der Waals surface area contributed by atoms with Gasteiger partial charge in [0.15, 0.2) is 5.78 Å². The molecule has 1 unspecified atom stereocenters. The van der Waals surface area contributed by atoms with Crippen molar-refractivity contribution in [3.8, 4) is 0 Å². The monoisotopic (exact) mass is 276 g/mol. The van der Waals surface area contributed by atoms with Gasteiger partial charge in [0.25, 0.3) is 0 Å². The number of pyridine rings is 1. The zero-order valence-corrected chi connectivity index (χ0v) is 11.8. The average molecular weight is 276 g/mol. The standard InChI is InChI=1S/C18H16N2O/c1-18(19,14-9-3-2-4-10-14)17(21)15-11-5-7-13-8-6-12-20-16(13)15/h2-12H,19H2,1H3. The summed E-state index contributed by atoms with van der Waals surface area (Å²) in [6.45, 7) is 1.74. The number of Topliss-reactive ketones (excluding diaryl/α,β-unsaturated/α-hetero) is 1. The normalized spacial score (nSPS) is 13.8. The van der Waals surface area contributed by atoms with E-state index in [1.807, 2.05) is 54.6 Å². The molecule has 2 N–H and O–H groups in total. The van der Waals surface area contributed by atoms with E-state index in [2.05, 4.69) is 4.98 Å². The minimum absolute atomic E-state index is 0.127. The lowest BCUT2D eigenvalue weighted by Crippen LogP contribution is -2.42. The van der Waals surface area contributed by atoms with Crippen LogP contribution in [0, 0.1) is 0 Å². The van der Waals surface area contributed by atoms with Gasteiger partial charge < -0.3 is 5.73 Å². The van der Waals surface area contributed by atoms with Crippen molar-refractivity contribution >= 4 is 16.7 Å². The average Bonchev–Trinajstić information content (AvgIpc) is 2.54. The third-order valence-corrected chi connectivity index (χ3v) is 3.72. The van der Waals surface area contributed by atoms with Crippen molar-refractivity contribution in [3.63, 3.8) is 0 Å². The van der Waals surface area contributed by atoms with Gasteiger partial charge in [-0.3, -0.25) is 9.78 Å². The van der Waals surface area contributed by atoms with Crippen molar-refractivity contribution in [3.05, 3.63) is 78.0 Å². The van der Waals surface area contributed by atoms with Gasteiger partial charge in [-0.25, -0.2) is 0 Å². The number of benzene rings is 2. The summed E-state index contributed by atoms with van der Waals surface area (Å²) in [5, 5.41) is 0.937. The highest BCUT2D eigenvalue weighted by atomic mass is 16.1. The van der Waals surface area contributed by atoms with E-state index in [0.29, 0.717) is 11.1 Å². The SMILES string of the molecule is CC(N)(C(=O)c1cccc2cccnc12)c1ccccc1. The summed E-state index contributed by atoms with van der Waals surface area (Å²) in [4.78, 5) is 17.2. The number of ketones is 1. The Morgan fingerprint density at radius 2 is 1.71 bits per heavy atom. The zero-order chi connectivity index (χ0) is 14.9. The molecule has 1 heterocycles. The van der Waals surface area contributed by atoms with Gasteiger partial charge in [0, 0.05) is 17.1 Å². The van der Waals surface area contributed by atoms with E-state index in [1.165, 1.54) is 0 Å². The fraction of sp³-hybridized carbons (Fsp3) is 0.111. The van der Waals surface area contributed by atoms with E-state index in [0.717, 1.165) is 10.9 Å². The van der Waals surface area contributed by atoms with Crippen LogP contribution in [0.4, 0.5) is 0 Å². The number of para-hydroxylation sites is 1. The van der Waals surface area contributed by atoms with Gasteiger partial charge in [0.2, 0.25) is 0 Å². The van der Waals surface area contributed by atoms with Gasteiger partial charge >= 0.3 is 0 Å². The smallest absolute Gasteiger partial charge is 0.189 e. The molecular formula is C18H16N2O. The third-order valence-electron chi connectivity index (χ3n) is 3.72. The Labute approximate surface area is 123 Å². The molecule has 0 bridgehead atoms. The van der Waals surface area contributed by atoms with Gasteiger partial charge in [-0.15, -0.1) is 0 Å². The molecule has 0 spiro atoms. The molecule has 0 saturated heterocycles. The number of rotatable bonds is 3. The number of carbonyl (C=O) groups is 1. The molecule has 1 atom stereocenters. The summed E-state index contributed by atoms with van der Waals surface area (Å²) in [5.74, 6) is -0.127. The van der Waals surface area contributed by atoms with E-state index in [-0.39, 0.29) is 5.78 Å².